The highest BCUT2D eigenvalue weighted by molar-refractivity contribution is 4.99. The summed E-state index contributed by atoms with van der Waals surface area (Å²) in [4.78, 5) is 16.1. The molecule has 2 rings (SSSR count). The zero-order valence-corrected chi connectivity index (χ0v) is 14.3. The Labute approximate surface area is 136 Å². The van der Waals surface area contributed by atoms with E-state index >= 15 is 0 Å². The normalized spacial score (nSPS) is 30.3. The van der Waals surface area contributed by atoms with E-state index in [0.717, 1.165) is 0 Å². The predicted octanol–water partition coefficient (Wildman–Crippen LogP) is 1.03. The number of nitrogens with zero attached hydrogens (tertiary/aromatic N) is 2. The summed E-state index contributed by atoms with van der Waals surface area (Å²) in [6, 6.07) is 1.73. The van der Waals surface area contributed by atoms with Crippen LogP contribution in [0.3, 0.4) is 0 Å². The molecule has 1 saturated heterocycles. The van der Waals surface area contributed by atoms with Crippen molar-refractivity contribution in [3.05, 3.63) is 28.4 Å². The smallest absolute Gasteiger partial charge is 0.349 e. The van der Waals surface area contributed by atoms with Gasteiger partial charge >= 0.3 is 5.69 Å². The van der Waals surface area contributed by atoms with Crippen molar-refractivity contribution in [3.8, 4) is 0 Å². The highest BCUT2D eigenvalue weighted by Crippen LogP contribution is 2.33. The molecular formula is C16H26N2O5. The summed E-state index contributed by atoms with van der Waals surface area (Å²) < 4.78 is 18.5. The molecular weight excluding hydrogens is 300 g/mol. The van der Waals surface area contributed by atoms with Crippen molar-refractivity contribution >= 4 is 0 Å². The van der Waals surface area contributed by atoms with Gasteiger partial charge in [-0.1, -0.05) is 6.92 Å². The lowest BCUT2D eigenvalue weighted by Gasteiger charge is -2.28. The molecule has 1 N–H and O–H groups in total. The molecule has 130 valence electrons. The second-order valence-electron chi connectivity index (χ2n) is 5.97. The second kappa shape index (κ2) is 7.53. The Hall–Kier alpha value is -1.28. The Morgan fingerprint density at radius 1 is 1.43 bits per heavy atom. The van der Waals surface area contributed by atoms with Gasteiger partial charge in [-0.2, -0.15) is 4.98 Å². The van der Waals surface area contributed by atoms with Crippen LogP contribution in [-0.4, -0.2) is 52.3 Å². The van der Waals surface area contributed by atoms with Gasteiger partial charge in [-0.05, 0) is 33.3 Å². The Bertz CT molecular complexity index is 576. The topological polar surface area (TPSA) is 82.8 Å². The molecule has 1 aromatic heterocycles. The van der Waals surface area contributed by atoms with Crippen LogP contribution in [0.5, 0.6) is 0 Å². The number of ether oxygens (including phenoxy) is 3. The quantitative estimate of drug-likeness (QED) is 0.841. The van der Waals surface area contributed by atoms with Gasteiger partial charge in [-0.15, -0.1) is 0 Å². The molecule has 0 saturated carbocycles. The summed E-state index contributed by atoms with van der Waals surface area (Å²) in [5.41, 5.74) is 0.218. The average molecular weight is 326 g/mol. The van der Waals surface area contributed by atoms with Crippen LogP contribution < -0.4 is 5.69 Å². The minimum atomic E-state index is -0.815. The predicted molar refractivity (Wildman–Crippen MR) is 84.2 cm³/mol. The first-order chi connectivity index (χ1) is 10.9. The number of methoxy groups -OCH3 is 1. The van der Waals surface area contributed by atoms with Crippen molar-refractivity contribution in [1.29, 1.82) is 0 Å². The first-order valence-corrected chi connectivity index (χ1v) is 7.96. The van der Waals surface area contributed by atoms with Gasteiger partial charge in [0.1, 0.15) is 12.2 Å². The number of aliphatic hydroxyl groups excluding tert-OH is 1. The van der Waals surface area contributed by atoms with Crippen LogP contribution in [0.2, 0.25) is 0 Å². The number of aromatic nitrogens is 2. The van der Waals surface area contributed by atoms with Gasteiger partial charge in [0.15, 0.2) is 6.23 Å². The van der Waals surface area contributed by atoms with E-state index in [1.54, 1.807) is 26.3 Å². The molecule has 6 atom stereocenters. The van der Waals surface area contributed by atoms with Gasteiger partial charge in [-0.25, -0.2) is 4.79 Å². The monoisotopic (exact) mass is 326 g/mol. The van der Waals surface area contributed by atoms with Crippen LogP contribution in [-0.2, 0) is 14.2 Å². The van der Waals surface area contributed by atoms with Crippen molar-refractivity contribution in [1.82, 2.24) is 9.55 Å². The molecule has 1 fully saturated rings. The van der Waals surface area contributed by atoms with Gasteiger partial charge in [0.25, 0.3) is 0 Å². The third-order valence-corrected chi connectivity index (χ3v) is 4.36. The average Bonchev–Trinajstić information content (AvgIpc) is 2.83. The molecule has 0 radical (unpaired) electrons. The van der Waals surface area contributed by atoms with Crippen LogP contribution in [0.25, 0.3) is 0 Å². The number of rotatable bonds is 6. The standard InChI is InChI=1S/C16H26N2O5/c1-6-12-13(19)14(22-11(4)10(3)21-5)15(23-12)18-8-7-9(2)17-16(18)20/h7-8,10-15,19H,6H2,1-5H3. The van der Waals surface area contributed by atoms with E-state index in [1.165, 1.54) is 4.57 Å². The lowest BCUT2D eigenvalue weighted by atomic mass is 10.1. The zero-order chi connectivity index (χ0) is 17.1. The SMILES string of the molecule is CCC1OC(n2ccc(C)nc2=O)C(OC(C)C(C)OC)C1O. The van der Waals surface area contributed by atoms with Crippen molar-refractivity contribution in [2.75, 3.05) is 7.11 Å². The molecule has 2 heterocycles. The van der Waals surface area contributed by atoms with E-state index < -0.39 is 24.1 Å². The van der Waals surface area contributed by atoms with Crippen LogP contribution in [0.4, 0.5) is 0 Å². The summed E-state index contributed by atoms with van der Waals surface area (Å²) in [5.74, 6) is 0. The summed E-state index contributed by atoms with van der Waals surface area (Å²) in [7, 11) is 1.60. The number of hydrogen-bond acceptors (Lipinski definition) is 6. The van der Waals surface area contributed by atoms with Crippen molar-refractivity contribution in [2.45, 2.75) is 70.9 Å². The molecule has 0 amide bonds. The van der Waals surface area contributed by atoms with Gasteiger partial charge in [0.05, 0.1) is 18.3 Å². The van der Waals surface area contributed by atoms with E-state index in [2.05, 4.69) is 4.98 Å². The number of aryl methyl sites for hydroxylation is 1. The van der Waals surface area contributed by atoms with Crippen molar-refractivity contribution < 1.29 is 19.3 Å². The Morgan fingerprint density at radius 2 is 2.13 bits per heavy atom. The molecule has 1 aliphatic rings. The van der Waals surface area contributed by atoms with E-state index in [-0.39, 0.29) is 18.3 Å². The zero-order valence-electron chi connectivity index (χ0n) is 14.3. The van der Waals surface area contributed by atoms with Crippen LogP contribution in [0.1, 0.15) is 39.1 Å². The number of hydrogen-bond donors (Lipinski definition) is 1. The maximum absolute atomic E-state index is 12.2. The molecule has 0 spiro atoms. The third kappa shape index (κ3) is 3.80. The largest absolute Gasteiger partial charge is 0.388 e. The highest BCUT2D eigenvalue weighted by Gasteiger charge is 2.46. The molecule has 7 heteroatoms. The minimum absolute atomic E-state index is 0.142. The molecule has 1 aliphatic heterocycles. The summed E-state index contributed by atoms with van der Waals surface area (Å²) in [5, 5.41) is 10.5. The number of aliphatic hydroxyl groups is 1. The summed E-state index contributed by atoms with van der Waals surface area (Å²) in [6.07, 6.45) is -0.711. The van der Waals surface area contributed by atoms with Gasteiger partial charge < -0.3 is 19.3 Å². The Balaban J connectivity index is 2.29. The van der Waals surface area contributed by atoms with E-state index in [4.69, 9.17) is 14.2 Å². The summed E-state index contributed by atoms with van der Waals surface area (Å²) in [6.45, 7) is 7.43. The van der Waals surface area contributed by atoms with Gasteiger partial charge in [-0.3, -0.25) is 4.57 Å². The van der Waals surface area contributed by atoms with E-state index in [9.17, 15) is 9.90 Å². The van der Waals surface area contributed by atoms with Crippen molar-refractivity contribution in [3.63, 3.8) is 0 Å². The van der Waals surface area contributed by atoms with E-state index in [1.807, 2.05) is 20.8 Å². The molecule has 0 bridgehead atoms. The maximum atomic E-state index is 12.2. The maximum Gasteiger partial charge on any atom is 0.349 e. The molecule has 7 nitrogen and oxygen atoms in total. The van der Waals surface area contributed by atoms with Gasteiger partial charge in [0.2, 0.25) is 0 Å². The van der Waals surface area contributed by atoms with Crippen molar-refractivity contribution in [2.24, 2.45) is 0 Å². The molecule has 6 unspecified atom stereocenters. The molecule has 23 heavy (non-hydrogen) atoms. The lowest BCUT2D eigenvalue weighted by Crippen LogP contribution is -2.41. The first kappa shape index (κ1) is 18.1. The summed E-state index contributed by atoms with van der Waals surface area (Å²) >= 11 is 0. The molecule has 0 aliphatic carbocycles. The molecule has 1 aromatic rings. The fourth-order valence-electron chi connectivity index (χ4n) is 2.67. The Morgan fingerprint density at radius 3 is 2.70 bits per heavy atom. The fraction of sp³-hybridized carbons (Fsp3) is 0.750. The third-order valence-electron chi connectivity index (χ3n) is 4.36. The minimum Gasteiger partial charge on any atom is -0.388 e. The first-order valence-electron chi connectivity index (χ1n) is 7.96. The second-order valence-corrected chi connectivity index (χ2v) is 5.97. The molecule has 0 aromatic carbocycles. The van der Waals surface area contributed by atoms with Crippen LogP contribution in [0.15, 0.2) is 17.1 Å². The van der Waals surface area contributed by atoms with E-state index in [0.29, 0.717) is 12.1 Å². The fourth-order valence-corrected chi connectivity index (χ4v) is 2.67. The Kier molecular flexibility index (Phi) is 5.91. The highest BCUT2D eigenvalue weighted by atomic mass is 16.6. The lowest BCUT2D eigenvalue weighted by molar-refractivity contribution is -0.129. The van der Waals surface area contributed by atoms with Gasteiger partial charge in [0, 0.05) is 19.0 Å². The van der Waals surface area contributed by atoms with Crippen LogP contribution in [0, 0.1) is 6.92 Å². The van der Waals surface area contributed by atoms with Crippen LogP contribution >= 0.6 is 0 Å².